The molecule has 0 radical (unpaired) electrons. The fourth-order valence-corrected chi connectivity index (χ4v) is 13.7. The maximum absolute atomic E-state index is 14.1. The summed E-state index contributed by atoms with van der Waals surface area (Å²) in [6.45, 7) is 0.936. The molecule has 5 heteroatoms. The number of rotatable bonds is 7. The standard InChI is InChI=1S/C29H27BrNO2P/c30-34(25-15-7-2-8-16-25,26-17-9-3-10-18-26,27-19-11-4-12-20-27)28-21-22-31(29(28)32)33-23-24-13-5-1-6-14-24/h1-20,28H,21-23H2. The number of amides is 1. The summed E-state index contributed by atoms with van der Waals surface area (Å²) in [4.78, 5) is 20.2. The van der Waals surface area contributed by atoms with Gasteiger partial charge in [0, 0.05) is 0 Å². The van der Waals surface area contributed by atoms with Gasteiger partial charge < -0.3 is 0 Å². The molecule has 4 aromatic carbocycles. The van der Waals surface area contributed by atoms with Gasteiger partial charge in [0.05, 0.1) is 0 Å². The van der Waals surface area contributed by atoms with E-state index in [1.54, 1.807) is 5.06 Å². The average molecular weight is 532 g/mol. The molecule has 0 saturated carbocycles. The SMILES string of the molecule is O=C1C(P(Br)(c2ccccc2)(c2ccccc2)c2ccccc2)CCN1OCc1ccccc1. The molecule has 1 unspecified atom stereocenters. The molecule has 4 aromatic rings. The molecule has 0 N–H and O–H groups in total. The van der Waals surface area contributed by atoms with Gasteiger partial charge in [-0.3, -0.25) is 0 Å². The molecule has 34 heavy (non-hydrogen) atoms. The molecule has 172 valence electrons. The van der Waals surface area contributed by atoms with E-state index in [0.29, 0.717) is 19.6 Å². The van der Waals surface area contributed by atoms with E-state index in [1.165, 1.54) is 0 Å². The molecule has 1 aliphatic heterocycles. The zero-order chi connectivity index (χ0) is 23.5. The van der Waals surface area contributed by atoms with E-state index < -0.39 is 5.31 Å². The third-order valence-corrected chi connectivity index (χ3v) is 17.5. The number of halogens is 1. The van der Waals surface area contributed by atoms with Crippen molar-refractivity contribution >= 4 is 42.6 Å². The molecule has 3 nitrogen and oxygen atoms in total. The van der Waals surface area contributed by atoms with Crippen molar-refractivity contribution in [3.8, 4) is 0 Å². The quantitative estimate of drug-likeness (QED) is 0.292. The van der Waals surface area contributed by atoms with E-state index >= 15 is 0 Å². The number of carbonyl (C=O) groups is 1. The third-order valence-electron chi connectivity index (χ3n) is 6.73. The van der Waals surface area contributed by atoms with Crippen LogP contribution in [0.4, 0.5) is 0 Å². The predicted molar refractivity (Wildman–Crippen MR) is 145 cm³/mol. The van der Waals surface area contributed by atoms with Crippen molar-refractivity contribution in [1.29, 1.82) is 0 Å². The van der Waals surface area contributed by atoms with Gasteiger partial charge in [-0.2, -0.15) is 0 Å². The first-order valence-electron chi connectivity index (χ1n) is 11.5. The van der Waals surface area contributed by atoms with Crippen LogP contribution in [0.1, 0.15) is 12.0 Å². The molecule has 1 atom stereocenters. The number of hydroxylamine groups is 2. The van der Waals surface area contributed by atoms with Crippen LogP contribution in [0.15, 0.2) is 121 Å². The monoisotopic (exact) mass is 531 g/mol. The molecular formula is C29H27BrNO2P. The minimum atomic E-state index is -3.39. The maximum atomic E-state index is 14.1. The molecule has 0 spiro atoms. The number of nitrogens with zero attached hydrogens (tertiary/aromatic N) is 1. The van der Waals surface area contributed by atoms with Gasteiger partial charge in [0.2, 0.25) is 0 Å². The van der Waals surface area contributed by atoms with Crippen molar-refractivity contribution in [2.75, 3.05) is 6.54 Å². The Labute approximate surface area is 209 Å². The molecule has 1 heterocycles. The minimum absolute atomic E-state index is 0.0297. The van der Waals surface area contributed by atoms with Gasteiger partial charge in [0.1, 0.15) is 0 Å². The first-order chi connectivity index (χ1) is 16.6. The van der Waals surface area contributed by atoms with Crippen molar-refractivity contribution in [2.45, 2.75) is 18.7 Å². The number of hydrogen-bond acceptors (Lipinski definition) is 2. The predicted octanol–water partition coefficient (Wildman–Crippen LogP) is 5.56. The van der Waals surface area contributed by atoms with E-state index in [4.69, 9.17) is 4.84 Å². The van der Waals surface area contributed by atoms with Gasteiger partial charge in [-0.05, 0) is 0 Å². The van der Waals surface area contributed by atoms with Crippen molar-refractivity contribution < 1.29 is 9.63 Å². The van der Waals surface area contributed by atoms with E-state index in [0.717, 1.165) is 21.5 Å². The molecule has 1 fully saturated rings. The Balaban J connectivity index is 1.65. The number of benzene rings is 4. The second kappa shape index (κ2) is 9.46. The molecular weight excluding hydrogens is 505 g/mol. The second-order valence-corrected chi connectivity index (χ2v) is 17.3. The van der Waals surface area contributed by atoms with Gasteiger partial charge in [0.25, 0.3) is 0 Å². The van der Waals surface area contributed by atoms with Gasteiger partial charge >= 0.3 is 209 Å². The Kier molecular flexibility index (Phi) is 6.40. The van der Waals surface area contributed by atoms with Crippen LogP contribution >= 0.6 is 20.8 Å². The van der Waals surface area contributed by atoms with Crippen LogP contribution in [0.2, 0.25) is 0 Å². The Hall–Kier alpha value is -2.78. The fraction of sp³-hybridized carbons (Fsp3) is 0.138. The van der Waals surface area contributed by atoms with Gasteiger partial charge in [-0.1, -0.05) is 0 Å². The van der Waals surface area contributed by atoms with Gasteiger partial charge in [-0.25, -0.2) is 0 Å². The van der Waals surface area contributed by atoms with Gasteiger partial charge in [-0.15, -0.1) is 0 Å². The van der Waals surface area contributed by atoms with Crippen LogP contribution in [-0.2, 0) is 16.2 Å². The summed E-state index contributed by atoms with van der Waals surface area (Å²) in [6, 6.07) is 41.4. The summed E-state index contributed by atoms with van der Waals surface area (Å²) in [7, 11) is 0. The van der Waals surface area contributed by atoms with Crippen molar-refractivity contribution in [2.24, 2.45) is 0 Å². The molecule has 5 rings (SSSR count). The third kappa shape index (κ3) is 3.71. The normalized spacial score (nSPS) is 17.3. The van der Waals surface area contributed by atoms with Crippen LogP contribution in [0, 0.1) is 0 Å². The first kappa shape index (κ1) is 23.0. The first-order valence-corrected chi connectivity index (χ1v) is 15.8. The molecule has 1 amide bonds. The molecule has 0 aromatic heterocycles. The second-order valence-electron chi connectivity index (χ2n) is 8.58. The summed E-state index contributed by atoms with van der Waals surface area (Å²) < 4.78 is 0. The van der Waals surface area contributed by atoms with Crippen LogP contribution in [0.25, 0.3) is 0 Å². The summed E-state index contributed by atoms with van der Waals surface area (Å²) in [5, 5.41) is 1.63. The van der Waals surface area contributed by atoms with Crippen molar-refractivity contribution in [3.05, 3.63) is 127 Å². The molecule has 1 aliphatic rings. The Bertz CT molecular complexity index is 1150. The fourth-order valence-electron chi connectivity index (χ4n) is 5.09. The molecule has 0 aliphatic carbocycles. The van der Waals surface area contributed by atoms with Gasteiger partial charge in [0.15, 0.2) is 0 Å². The summed E-state index contributed by atoms with van der Waals surface area (Å²) >= 11 is 4.44. The molecule has 1 saturated heterocycles. The zero-order valence-electron chi connectivity index (χ0n) is 18.8. The Morgan fingerprint density at radius 2 is 1.12 bits per heavy atom. The summed E-state index contributed by atoms with van der Waals surface area (Å²) in [6.07, 6.45) is 0.704. The Morgan fingerprint density at radius 3 is 1.56 bits per heavy atom. The summed E-state index contributed by atoms with van der Waals surface area (Å²) in [5.74, 6) is 0.0297. The topological polar surface area (TPSA) is 29.5 Å². The van der Waals surface area contributed by atoms with E-state index in [-0.39, 0.29) is 11.6 Å². The van der Waals surface area contributed by atoms with E-state index in [1.807, 2.05) is 48.5 Å². The number of hydrogen-bond donors (Lipinski definition) is 0. The van der Waals surface area contributed by atoms with E-state index in [2.05, 4.69) is 88.3 Å². The van der Waals surface area contributed by atoms with Crippen molar-refractivity contribution in [1.82, 2.24) is 5.06 Å². The molecule has 0 bridgehead atoms. The van der Waals surface area contributed by atoms with Crippen LogP contribution in [0.5, 0.6) is 0 Å². The van der Waals surface area contributed by atoms with Crippen molar-refractivity contribution in [3.63, 3.8) is 0 Å². The van der Waals surface area contributed by atoms with Crippen LogP contribution < -0.4 is 15.9 Å². The van der Waals surface area contributed by atoms with Crippen LogP contribution in [-0.4, -0.2) is 23.2 Å². The Morgan fingerprint density at radius 1 is 0.706 bits per heavy atom. The zero-order valence-corrected chi connectivity index (χ0v) is 21.3. The van der Waals surface area contributed by atoms with Crippen LogP contribution in [0.3, 0.4) is 0 Å². The average Bonchev–Trinajstić information content (AvgIpc) is 3.30. The summed E-state index contributed by atoms with van der Waals surface area (Å²) in [5.41, 5.74) is 0.762. The van der Waals surface area contributed by atoms with E-state index in [9.17, 15) is 4.79 Å². The number of carbonyl (C=O) groups excluding carboxylic acids is 1.